The SMILES string of the molecule is CC(C)(C)OC(=O)NCCC=CCCCO. The van der Waals surface area contributed by atoms with Gasteiger partial charge in [-0.2, -0.15) is 0 Å². The summed E-state index contributed by atoms with van der Waals surface area (Å²) in [6.45, 7) is 6.30. The maximum Gasteiger partial charge on any atom is 0.407 e. The van der Waals surface area contributed by atoms with E-state index in [1.165, 1.54) is 0 Å². The fourth-order valence-electron chi connectivity index (χ4n) is 1.02. The molecular formula is C12H23NO3. The van der Waals surface area contributed by atoms with Crippen LogP contribution in [0.5, 0.6) is 0 Å². The fraction of sp³-hybridized carbons (Fsp3) is 0.750. The first kappa shape index (κ1) is 15.0. The molecule has 0 spiro atoms. The summed E-state index contributed by atoms with van der Waals surface area (Å²) in [4.78, 5) is 11.2. The van der Waals surface area contributed by atoms with Gasteiger partial charge in [-0.3, -0.25) is 0 Å². The molecule has 0 aliphatic rings. The first-order valence-corrected chi connectivity index (χ1v) is 5.68. The van der Waals surface area contributed by atoms with Crippen LogP contribution in [-0.4, -0.2) is 30.0 Å². The van der Waals surface area contributed by atoms with Crippen LogP contribution in [0.2, 0.25) is 0 Å². The number of nitrogens with one attached hydrogen (secondary N) is 1. The molecule has 0 aliphatic heterocycles. The van der Waals surface area contributed by atoms with E-state index >= 15 is 0 Å². The Morgan fingerprint density at radius 3 is 2.50 bits per heavy atom. The van der Waals surface area contributed by atoms with Gasteiger partial charge in [0.25, 0.3) is 0 Å². The number of alkyl carbamates (subject to hydrolysis) is 1. The third-order valence-corrected chi connectivity index (χ3v) is 1.67. The number of amides is 1. The van der Waals surface area contributed by atoms with Gasteiger partial charge in [0.1, 0.15) is 5.60 Å². The molecule has 0 radical (unpaired) electrons. The molecule has 16 heavy (non-hydrogen) atoms. The van der Waals surface area contributed by atoms with Crippen LogP contribution in [0, 0.1) is 0 Å². The van der Waals surface area contributed by atoms with Crippen molar-refractivity contribution in [1.29, 1.82) is 0 Å². The molecule has 0 rings (SSSR count). The van der Waals surface area contributed by atoms with E-state index in [0.29, 0.717) is 6.54 Å². The Morgan fingerprint density at radius 1 is 1.31 bits per heavy atom. The second kappa shape index (κ2) is 8.16. The van der Waals surface area contributed by atoms with Crippen molar-refractivity contribution < 1.29 is 14.6 Å². The predicted octanol–water partition coefficient (Wildman–Crippen LogP) is 2.23. The Morgan fingerprint density at radius 2 is 1.94 bits per heavy atom. The van der Waals surface area contributed by atoms with Gasteiger partial charge in [0, 0.05) is 13.2 Å². The van der Waals surface area contributed by atoms with Gasteiger partial charge in [0.05, 0.1) is 0 Å². The molecule has 94 valence electrons. The van der Waals surface area contributed by atoms with Crippen molar-refractivity contribution in [3.8, 4) is 0 Å². The second-order valence-electron chi connectivity index (χ2n) is 4.55. The molecule has 4 heteroatoms. The number of aliphatic hydroxyl groups excluding tert-OH is 1. The van der Waals surface area contributed by atoms with Crippen LogP contribution in [0.25, 0.3) is 0 Å². The second-order valence-corrected chi connectivity index (χ2v) is 4.55. The smallest absolute Gasteiger partial charge is 0.407 e. The van der Waals surface area contributed by atoms with Crippen molar-refractivity contribution >= 4 is 6.09 Å². The largest absolute Gasteiger partial charge is 0.444 e. The molecule has 0 aliphatic carbocycles. The first-order valence-electron chi connectivity index (χ1n) is 5.68. The zero-order chi connectivity index (χ0) is 12.4. The highest BCUT2D eigenvalue weighted by atomic mass is 16.6. The third-order valence-electron chi connectivity index (χ3n) is 1.67. The number of unbranched alkanes of at least 4 members (excludes halogenated alkanes) is 1. The minimum Gasteiger partial charge on any atom is -0.444 e. The van der Waals surface area contributed by atoms with E-state index < -0.39 is 5.60 Å². The van der Waals surface area contributed by atoms with E-state index in [4.69, 9.17) is 9.84 Å². The summed E-state index contributed by atoms with van der Waals surface area (Å²) in [6, 6.07) is 0. The Hall–Kier alpha value is -1.03. The standard InChI is InChI=1S/C12H23NO3/c1-12(2,3)16-11(15)13-9-7-5-4-6-8-10-14/h4-5,14H,6-10H2,1-3H3,(H,13,15). The summed E-state index contributed by atoms with van der Waals surface area (Å²) in [7, 11) is 0. The molecule has 0 aromatic carbocycles. The summed E-state index contributed by atoms with van der Waals surface area (Å²) in [5.41, 5.74) is -0.443. The monoisotopic (exact) mass is 229 g/mol. The van der Waals surface area contributed by atoms with Crippen LogP contribution < -0.4 is 5.32 Å². The Balaban J connectivity index is 3.45. The van der Waals surface area contributed by atoms with Gasteiger partial charge in [-0.1, -0.05) is 12.2 Å². The maximum absolute atomic E-state index is 11.2. The van der Waals surface area contributed by atoms with Crippen molar-refractivity contribution in [2.75, 3.05) is 13.2 Å². The molecule has 0 fully saturated rings. The summed E-state index contributed by atoms with van der Waals surface area (Å²) >= 11 is 0. The number of rotatable bonds is 6. The molecular weight excluding hydrogens is 206 g/mol. The number of carbonyl (C=O) groups excluding carboxylic acids is 1. The number of aliphatic hydroxyl groups is 1. The lowest BCUT2D eigenvalue weighted by Crippen LogP contribution is -2.32. The number of carbonyl (C=O) groups is 1. The van der Waals surface area contributed by atoms with Crippen LogP contribution in [-0.2, 0) is 4.74 Å². The summed E-state index contributed by atoms with van der Waals surface area (Å²) in [6.07, 6.45) is 6.07. The highest BCUT2D eigenvalue weighted by Gasteiger charge is 2.14. The Bertz CT molecular complexity index is 219. The highest BCUT2D eigenvalue weighted by molar-refractivity contribution is 5.67. The minimum atomic E-state index is -0.443. The average molecular weight is 229 g/mol. The lowest BCUT2D eigenvalue weighted by atomic mass is 10.2. The van der Waals surface area contributed by atoms with Crippen LogP contribution in [0.3, 0.4) is 0 Å². The van der Waals surface area contributed by atoms with Gasteiger partial charge in [-0.25, -0.2) is 4.79 Å². The van der Waals surface area contributed by atoms with Gasteiger partial charge < -0.3 is 15.2 Å². The summed E-state index contributed by atoms with van der Waals surface area (Å²) in [5.74, 6) is 0. The van der Waals surface area contributed by atoms with E-state index in [-0.39, 0.29) is 12.7 Å². The topological polar surface area (TPSA) is 58.6 Å². The summed E-state index contributed by atoms with van der Waals surface area (Å²) < 4.78 is 5.08. The average Bonchev–Trinajstić information content (AvgIpc) is 2.13. The molecule has 0 unspecified atom stereocenters. The van der Waals surface area contributed by atoms with Gasteiger partial charge in [0.15, 0.2) is 0 Å². The van der Waals surface area contributed by atoms with E-state index in [1.54, 1.807) is 0 Å². The molecule has 0 bridgehead atoms. The molecule has 1 amide bonds. The number of hydrogen-bond donors (Lipinski definition) is 2. The zero-order valence-electron chi connectivity index (χ0n) is 10.5. The van der Waals surface area contributed by atoms with Crippen LogP contribution in [0.4, 0.5) is 4.79 Å². The van der Waals surface area contributed by atoms with Crippen molar-refractivity contribution in [2.45, 2.75) is 45.6 Å². The van der Waals surface area contributed by atoms with Crippen molar-refractivity contribution in [3.63, 3.8) is 0 Å². The summed E-state index contributed by atoms with van der Waals surface area (Å²) in [5, 5.41) is 11.2. The van der Waals surface area contributed by atoms with Crippen LogP contribution in [0.1, 0.15) is 40.0 Å². The molecule has 0 heterocycles. The molecule has 0 saturated heterocycles. The minimum absolute atomic E-state index is 0.223. The van der Waals surface area contributed by atoms with Crippen molar-refractivity contribution in [1.82, 2.24) is 5.32 Å². The predicted molar refractivity (Wildman–Crippen MR) is 64.3 cm³/mol. The van der Waals surface area contributed by atoms with Crippen molar-refractivity contribution in [2.24, 2.45) is 0 Å². The zero-order valence-corrected chi connectivity index (χ0v) is 10.5. The van der Waals surface area contributed by atoms with Gasteiger partial charge in [-0.15, -0.1) is 0 Å². The molecule has 2 N–H and O–H groups in total. The fourth-order valence-corrected chi connectivity index (χ4v) is 1.02. The number of hydrogen-bond acceptors (Lipinski definition) is 3. The Kier molecular flexibility index (Phi) is 7.64. The molecule has 4 nitrogen and oxygen atoms in total. The molecule has 0 aromatic rings. The van der Waals surface area contributed by atoms with Crippen LogP contribution >= 0.6 is 0 Å². The first-order chi connectivity index (χ1) is 7.45. The van der Waals surface area contributed by atoms with Crippen LogP contribution in [0.15, 0.2) is 12.2 Å². The van der Waals surface area contributed by atoms with E-state index in [9.17, 15) is 4.79 Å². The van der Waals surface area contributed by atoms with Gasteiger partial charge >= 0.3 is 6.09 Å². The lowest BCUT2D eigenvalue weighted by molar-refractivity contribution is 0.0529. The third kappa shape index (κ3) is 11.0. The quantitative estimate of drug-likeness (QED) is 0.542. The molecule has 0 atom stereocenters. The number of allylic oxidation sites excluding steroid dienone is 1. The van der Waals surface area contributed by atoms with E-state index in [1.807, 2.05) is 32.9 Å². The van der Waals surface area contributed by atoms with E-state index in [0.717, 1.165) is 19.3 Å². The van der Waals surface area contributed by atoms with Gasteiger partial charge in [-0.05, 0) is 40.0 Å². The number of ether oxygens (including phenoxy) is 1. The lowest BCUT2D eigenvalue weighted by Gasteiger charge is -2.19. The molecule has 0 saturated carbocycles. The maximum atomic E-state index is 11.2. The Labute approximate surface area is 97.7 Å². The highest BCUT2D eigenvalue weighted by Crippen LogP contribution is 2.06. The van der Waals surface area contributed by atoms with E-state index in [2.05, 4.69) is 5.32 Å². The van der Waals surface area contributed by atoms with Gasteiger partial charge in [0.2, 0.25) is 0 Å². The van der Waals surface area contributed by atoms with Crippen molar-refractivity contribution in [3.05, 3.63) is 12.2 Å². The normalized spacial score (nSPS) is 11.8. The molecule has 0 aromatic heterocycles.